The molecule has 0 aliphatic rings. The number of carbonyl (C=O) groups excluding carboxylic acids is 1. The van der Waals surface area contributed by atoms with Crippen LogP contribution >= 0.6 is 11.3 Å². The first-order valence-electron chi connectivity index (χ1n) is 5.89. The highest BCUT2D eigenvalue weighted by Crippen LogP contribution is 2.26. The Bertz CT molecular complexity index is 813. The Morgan fingerprint density at radius 2 is 2.09 bits per heavy atom. The third-order valence-corrected chi connectivity index (χ3v) is 3.42. The molecule has 0 radical (unpaired) electrons. The Morgan fingerprint density at radius 1 is 1.32 bits per heavy atom. The van der Waals surface area contributed by atoms with Crippen molar-refractivity contribution in [1.29, 1.82) is 0 Å². The summed E-state index contributed by atoms with van der Waals surface area (Å²) in [4.78, 5) is 26.1. The van der Waals surface area contributed by atoms with Crippen molar-refractivity contribution in [2.24, 2.45) is 0 Å². The van der Waals surface area contributed by atoms with Gasteiger partial charge in [-0.25, -0.2) is 10.1 Å². The molecule has 0 aliphatic heterocycles. The number of amides is 1. The van der Waals surface area contributed by atoms with E-state index in [-0.39, 0.29) is 11.5 Å². The van der Waals surface area contributed by atoms with Crippen molar-refractivity contribution < 1.29 is 9.72 Å². The summed E-state index contributed by atoms with van der Waals surface area (Å²) in [5, 5.41) is 27.7. The van der Waals surface area contributed by atoms with E-state index >= 15 is 0 Å². The van der Waals surface area contributed by atoms with E-state index in [0.717, 1.165) is 0 Å². The predicted molar refractivity (Wildman–Crippen MR) is 76.3 cm³/mol. The number of benzene rings is 1. The zero-order chi connectivity index (χ0) is 15.5. The van der Waals surface area contributed by atoms with Crippen molar-refractivity contribution >= 4 is 28.1 Å². The molecule has 11 heteroatoms. The summed E-state index contributed by atoms with van der Waals surface area (Å²) in [6, 6.07) is 5.98. The molecule has 0 unspecified atom stereocenters. The summed E-state index contributed by atoms with van der Waals surface area (Å²) < 4.78 is 0. The first-order chi connectivity index (χ1) is 10.6. The Balaban J connectivity index is 1.76. The minimum Gasteiger partial charge on any atom is -0.295 e. The van der Waals surface area contributed by atoms with Crippen molar-refractivity contribution in [2.45, 2.75) is 0 Å². The van der Waals surface area contributed by atoms with Gasteiger partial charge >= 0.3 is 0 Å². The first kappa shape index (κ1) is 13.8. The third-order valence-electron chi connectivity index (χ3n) is 2.66. The number of nitrogens with one attached hydrogen (secondary N) is 2. The van der Waals surface area contributed by atoms with Gasteiger partial charge in [-0.3, -0.25) is 20.2 Å². The first-order valence-corrected chi connectivity index (χ1v) is 6.77. The van der Waals surface area contributed by atoms with Gasteiger partial charge < -0.3 is 0 Å². The maximum Gasteiger partial charge on any atom is 0.296 e. The number of hydrogen-bond donors (Lipinski definition) is 2. The van der Waals surface area contributed by atoms with E-state index in [0.29, 0.717) is 16.4 Å². The minimum atomic E-state index is -0.505. The van der Waals surface area contributed by atoms with Gasteiger partial charge in [0, 0.05) is 23.1 Å². The average molecular weight is 317 g/mol. The van der Waals surface area contributed by atoms with E-state index in [1.165, 1.54) is 23.5 Å². The molecule has 22 heavy (non-hydrogen) atoms. The molecule has 2 heterocycles. The van der Waals surface area contributed by atoms with Crippen molar-refractivity contribution in [1.82, 2.24) is 25.6 Å². The maximum absolute atomic E-state index is 11.7. The van der Waals surface area contributed by atoms with E-state index in [2.05, 4.69) is 30.9 Å². The van der Waals surface area contributed by atoms with Gasteiger partial charge in [0.1, 0.15) is 0 Å². The quantitative estimate of drug-likeness (QED) is 0.548. The number of nitro benzene ring substituents is 1. The van der Waals surface area contributed by atoms with Crippen molar-refractivity contribution in [2.75, 3.05) is 5.32 Å². The number of tetrazole rings is 1. The highest BCUT2D eigenvalue weighted by atomic mass is 32.1. The lowest BCUT2D eigenvalue weighted by atomic mass is 10.1. The average Bonchev–Trinajstić information content (AvgIpc) is 3.19. The fourth-order valence-electron chi connectivity index (χ4n) is 1.63. The van der Waals surface area contributed by atoms with Crippen LogP contribution in [-0.2, 0) is 0 Å². The van der Waals surface area contributed by atoms with Crippen molar-refractivity contribution in [3.05, 3.63) is 45.6 Å². The van der Waals surface area contributed by atoms with Gasteiger partial charge in [0.2, 0.25) is 5.82 Å². The zero-order valence-corrected chi connectivity index (χ0v) is 11.6. The van der Waals surface area contributed by atoms with Crippen molar-refractivity contribution in [3.63, 3.8) is 0 Å². The molecule has 0 spiro atoms. The van der Waals surface area contributed by atoms with Gasteiger partial charge in [-0.1, -0.05) is 0 Å². The molecule has 10 nitrogen and oxygen atoms in total. The SMILES string of the molecule is O=C(Nc1nc(-c2ccc([N+](=O)[O-])cc2)cs1)c1nnn[nH]1. The van der Waals surface area contributed by atoms with Gasteiger partial charge in [-0.15, -0.1) is 16.4 Å². The van der Waals surface area contributed by atoms with E-state index in [1.807, 2.05) is 0 Å². The fourth-order valence-corrected chi connectivity index (χ4v) is 2.34. The van der Waals surface area contributed by atoms with Gasteiger partial charge in [0.15, 0.2) is 5.13 Å². The number of aromatic nitrogens is 5. The second-order valence-corrected chi connectivity index (χ2v) is 4.90. The summed E-state index contributed by atoms with van der Waals surface area (Å²) in [6.07, 6.45) is 0. The molecule has 3 rings (SSSR count). The normalized spacial score (nSPS) is 10.4. The Labute approximate surface area is 126 Å². The second kappa shape index (κ2) is 5.65. The number of non-ortho nitro benzene ring substituents is 1. The van der Waals surface area contributed by atoms with Crippen LogP contribution in [0.2, 0.25) is 0 Å². The fraction of sp³-hybridized carbons (Fsp3) is 0. The summed E-state index contributed by atoms with van der Waals surface area (Å²) in [5.41, 5.74) is 1.32. The molecule has 0 bridgehead atoms. The number of nitro groups is 1. The van der Waals surface area contributed by atoms with E-state index in [1.54, 1.807) is 17.5 Å². The molecule has 1 amide bonds. The molecule has 0 atom stereocenters. The van der Waals surface area contributed by atoms with Gasteiger partial charge in [0.25, 0.3) is 11.6 Å². The number of rotatable bonds is 4. The Kier molecular flexibility index (Phi) is 3.53. The van der Waals surface area contributed by atoms with E-state index in [4.69, 9.17) is 0 Å². The lowest BCUT2D eigenvalue weighted by Crippen LogP contribution is -2.13. The topological polar surface area (TPSA) is 140 Å². The van der Waals surface area contributed by atoms with E-state index < -0.39 is 10.8 Å². The zero-order valence-electron chi connectivity index (χ0n) is 10.8. The summed E-state index contributed by atoms with van der Waals surface area (Å²) in [6.45, 7) is 0. The Hall–Kier alpha value is -3.21. The van der Waals surface area contributed by atoms with Crippen LogP contribution in [0.15, 0.2) is 29.6 Å². The molecule has 3 aromatic rings. The maximum atomic E-state index is 11.7. The third kappa shape index (κ3) is 2.78. The van der Waals surface area contributed by atoms with Crippen LogP contribution in [0.1, 0.15) is 10.6 Å². The largest absolute Gasteiger partial charge is 0.296 e. The number of nitrogens with zero attached hydrogens (tertiary/aromatic N) is 5. The molecule has 0 aliphatic carbocycles. The molecule has 0 saturated heterocycles. The summed E-state index contributed by atoms with van der Waals surface area (Å²) in [7, 11) is 0. The predicted octanol–water partition coefficient (Wildman–Crippen LogP) is 1.48. The number of thiazole rings is 1. The number of hydrogen-bond acceptors (Lipinski definition) is 8. The van der Waals surface area contributed by atoms with Crippen molar-refractivity contribution in [3.8, 4) is 11.3 Å². The van der Waals surface area contributed by atoms with Gasteiger partial charge in [-0.05, 0) is 22.6 Å². The Morgan fingerprint density at radius 3 is 2.73 bits per heavy atom. The molecule has 2 N–H and O–H groups in total. The minimum absolute atomic E-state index is 0.00493. The monoisotopic (exact) mass is 317 g/mol. The molecule has 2 aromatic heterocycles. The second-order valence-electron chi connectivity index (χ2n) is 4.05. The van der Waals surface area contributed by atoms with Crippen LogP contribution in [0.5, 0.6) is 0 Å². The highest BCUT2D eigenvalue weighted by molar-refractivity contribution is 7.14. The summed E-state index contributed by atoms with van der Waals surface area (Å²) >= 11 is 1.22. The molecule has 0 saturated carbocycles. The molecule has 1 aromatic carbocycles. The smallest absolute Gasteiger partial charge is 0.295 e. The number of aromatic amines is 1. The molecule has 0 fully saturated rings. The van der Waals surface area contributed by atoms with Gasteiger partial charge in [-0.2, -0.15) is 0 Å². The standard InChI is InChI=1S/C11H7N7O3S/c19-10(9-14-16-17-15-9)13-11-12-8(5-22-11)6-1-3-7(4-2-6)18(20)21/h1-5H,(H,12,13,19)(H,14,15,16,17). The molecular formula is C11H7N7O3S. The summed E-state index contributed by atoms with van der Waals surface area (Å²) in [5.74, 6) is -0.526. The lowest BCUT2D eigenvalue weighted by Gasteiger charge is -1.97. The van der Waals surface area contributed by atoms with Crippen LogP contribution in [-0.4, -0.2) is 36.4 Å². The van der Waals surface area contributed by atoms with Crippen LogP contribution in [0, 0.1) is 10.1 Å². The van der Waals surface area contributed by atoms with Gasteiger partial charge in [0.05, 0.1) is 10.6 Å². The van der Waals surface area contributed by atoms with Crippen LogP contribution in [0.3, 0.4) is 0 Å². The van der Waals surface area contributed by atoms with Crippen LogP contribution < -0.4 is 5.32 Å². The molecule has 110 valence electrons. The van der Waals surface area contributed by atoms with E-state index in [9.17, 15) is 14.9 Å². The van der Waals surface area contributed by atoms with Crippen LogP contribution in [0.25, 0.3) is 11.3 Å². The molecular weight excluding hydrogens is 310 g/mol. The highest BCUT2D eigenvalue weighted by Gasteiger charge is 2.13. The number of H-pyrrole nitrogens is 1. The number of carbonyl (C=O) groups is 1. The number of anilines is 1. The van der Waals surface area contributed by atoms with Crippen LogP contribution in [0.4, 0.5) is 10.8 Å². The lowest BCUT2D eigenvalue weighted by molar-refractivity contribution is -0.384.